The summed E-state index contributed by atoms with van der Waals surface area (Å²) in [5, 5.41) is 9.23. The Bertz CT molecular complexity index is 985. The number of alkyl halides is 3. The van der Waals surface area contributed by atoms with Gasteiger partial charge in [0.15, 0.2) is 0 Å². The Morgan fingerprint density at radius 3 is 2.56 bits per heavy atom. The van der Waals surface area contributed by atoms with Crippen LogP contribution in [0, 0.1) is 0 Å². The fourth-order valence-corrected chi connectivity index (χ4v) is 4.51. The molecule has 0 aromatic heterocycles. The van der Waals surface area contributed by atoms with Gasteiger partial charge >= 0.3 is 6.36 Å². The molecule has 4 rings (SSSR count). The fourth-order valence-electron chi connectivity index (χ4n) is 4.51. The zero-order valence-electron chi connectivity index (χ0n) is 18.5. The Morgan fingerprint density at radius 2 is 1.85 bits per heavy atom. The summed E-state index contributed by atoms with van der Waals surface area (Å²) in [5.74, 6) is -0.334. The maximum atomic E-state index is 12.4. The number of carbonyl (C=O) groups is 2. The monoisotopic (exact) mass is 476 g/mol. The average Bonchev–Trinajstić information content (AvgIpc) is 3.23. The first-order valence-corrected chi connectivity index (χ1v) is 11.2. The number of ether oxygens (including phenoxy) is 1. The van der Waals surface area contributed by atoms with Gasteiger partial charge in [-0.05, 0) is 42.7 Å². The SMILES string of the molecule is O=C(CC[C@@H]1CNC(=O)[C@@H]2C[C@H](NCc3ccc(OC(F)(F)F)cc3)CN12)Nc1ccccc1. The van der Waals surface area contributed by atoms with E-state index >= 15 is 0 Å². The zero-order chi connectivity index (χ0) is 24.1. The van der Waals surface area contributed by atoms with Crippen LogP contribution in [0.4, 0.5) is 18.9 Å². The summed E-state index contributed by atoms with van der Waals surface area (Å²) in [7, 11) is 0. The van der Waals surface area contributed by atoms with Gasteiger partial charge in [0.2, 0.25) is 11.8 Å². The number of anilines is 1. The maximum Gasteiger partial charge on any atom is 0.573 e. The van der Waals surface area contributed by atoms with E-state index in [2.05, 4.69) is 25.6 Å². The van der Waals surface area contributed by atoms with E-state index in [1.807, 2.05) is 30.3 Å². The van der Waals surface area contributed by atoms with E-state index in [0.29, 0.717) is 38.9 Å². The topological polar surface area (TPSA) is 82.7 Å². The molecule has 34 heavy (non-hydrogen) atoms. The van der Waals surface area contributed by atoms with Crippen molar-refractivity contribution in [2.75, 3.05) is 18.4 Å². The predicted octanol–water partition coefficient (Wildman–Crippen LogP) is 3.04. The Balaban J connectivity index is 1.27. The molecule has 0 bridgehead atoms. The van der Waals surface area contributed by atoms with Gasteiger partial charge in [-0.3, -0.25) is 14.5 Å². The first kappa shape index (κ1) is 24.0. The summed E-state index contributed by atoms with van der Waals surface area (Å²) < 4.78 is 40.8. The van der Waals surface area contributed by atoms with Crippen LogP contribution in [-0.2, 0) is 16.1 Å². The molecule has 2 saturated heterocycles. The molecule has 2 aromatic rings. The highest BCUT2D eigenvalue weighted by Crippen LogP contribution is 2.27. The highest BCUT2D eigenvalue weighted by atomic mass is 19.4. The molecule has 3 atom stereocenters. The lowest BCUT2D eigenvalue weighted by molar-refractivity contribution is -0.274. The summed E-state index contributed by atoms with van der Waals surface area (Å²) >= 11 is 0. The lowest BCUT2D eigenvalue weighted by Gasteiger charge is -2.37. The molecular weight excluding hydrogens is 449 g/mol. The van der Waals surface area contributed by atoms with E-state index in [-0.39, 0.29) is 35.7 Å². The molecule has 3 N–H and O–H groups in total. The summed E-state index contributed by atoms with van der Waals surface area (Å²) in [4.78, 5) is 26.9. The molecule has 2 amide bonds. The van der Waals surface area contributed by atoms with Crippen molar-refractivity contribution in [2.45, 2.75) is 50.3 Å². The second-order valence-corrected chi connectivity index (χ2v) is 8.57. The molecular formula is C24H27F3N4O3. The van der Waals surface area contributed by atoms with E-state index in [1.54, 1.807) is 12.1 Å². The van der Waals surface area contributed by atoms with Crippen LogP contribution in [-0.4, -0.2) is 54.3 Å². The van der Waals surface area contributed by atoms with Gasteiger partial charge in [0.25, 0.3) is 0 Å². The third-order valence-corrected chi connectivity index (χ3v) is 6.14. The second-order valence-electron chi connectivity index (χ2n) is 8.57. The van der Waals surface area contributed by atoms with Crippen molar-refractivity contribution in [3.8, 4) is 5.75 Å². The molecule has 2 aliphatic rings. The normalized spacial score (nSPS) is 22.7. The number of nitrogens with zero attached hydrogens (tertiary/aromatic N) is 1. The fraction of sp³-hybridized carbons (Fsp3) is 0.417. The van der Waals surface area contributed by atoms with Crippen molar-refractivity contribution in [1.82, 2.24) is 15.5 Å². The summed E-state index contributed by atoms with van der Waals surface area (Å²) in [5.41, 5.74) is 1.57. The van der Waals surface area contributed by atoms with Crippen LogP contribution >= 0.6 is 0 Å². The largest absolute Gasteiger partial charge is 0.573 e. The zero-order valence-corrected chi connectivity index (χ0v) is 18.5. The second kappa shape index (κ2) is 10.4. The van der Waals surface area contributed by atoms with Crippen LogP contribution in [0.25, 0.3) is 0 Å². The van der Waals surface area contributed by atoms with Gasteiger partial charge in [0.1, 0.15) is 5.75 Å². The highest BCUT2D eigenvalue weighted by molar-refractivity contribution is 5.90. The van der Waals surface area contributed by atoms with Crippen molar-refractivity contribution in [3.63, 3.8) is 0 Å². The molecule has 2 fully saturated rings. The minimum absolute atomic E-state index is 0.0112. The molecule has 0 spiro atoms. The van der Waals surface area contributed by atoms with Gasteiger partial charge in [-0.25, -0.2) is 0 Å². The number of benzene rings is 2. The van der Waals surface area contributed by atoms with E-state index in [1.165, 1.54) is 12.1 Å². The average molecular weight is 476 g/mol. The Labute approximate surface area is 195 Å². The molecule has 0 radical (unpaired) electrons. The minimum atomic E-state index is -4.71. The van der Waals surface area contributed by atoms with Gasteiger partial charge in [-0.1, -0.05) is 30.3 Å². The van der Waals surface area contributed by atoms with Gasteiger partial charge in [-0.2, -0.15) is 0 Å². The van der Waals surface area contributed by atoms with Crippen LogP contribution in [0.15, 0.2) is 54.6 Å². The van der Waals surface area contributed by atoms with Crippen LogP contribution in [0.2, 0.25) is 0 Å². The van der Waals surface area contributed by atoms with Crippen LogP contribution in [0.5, 0.6) is 5.75 Å². The number of para-hydroxylation sites is 1. The molecule has 2 aromatic carbocycles. The smallest absolute Gasteiger partial charge is 0.406 e. The third-order valence-electron chi connectivity index (χ3n) is 6.14. The molecule has 7 nitrogen and oxygen atoms in total. The number of piperazine rings is 1. The van der Waals surface area contributed by atoms with Crippen molar-refractivity contribution in [3.05, 3.63) is 60.2 Å². The van der Waals surface area contributed by atoms with Crippen LogP contribution < -0.4 is 20.7 Å². The van der Waals surface area contributed by atoms with Gasteiger partial charge in [0.05, 0.1) is 6.04 Å². The Morgan fingerprint density at radius 1 is 1.12 bits per heavy atom. The van der Waals surface area contributed by atoms with Crippen molar-refractivity contribution in [1.29, 1.82) is 0 Å². The molecule has 10 heteroatoms. The van der Waals surface area contributed by atoms with Gasteiger partial charge in [0, 0.05) is 43.8 Å². The van der Waals surface area contributed by atoms with Crippen molar-refractivity contribution in [2.24, 2.45) is 0 Å². The number of hydrogen-bond donors (Lipinski definition) is 3. The van der Waals surface area contributed by atoms with E-state index in [9.17, 15) is 22.8 Å². The minimum Gasteiger partial charge on any atom is -0.406 e. The number of amides is 2. The number of halogens is 3. The number of hydrogen-bond acceptors (Lipinski definition) is 5. The number of fused-ring (bicyclic) bond motifs is 1. The molecule has 182 valence electrons. The van der Waals surface area contributed by atoms with Gasteiger partial charge < -0.3 is 20.7 Å². The lowest BCUT2D eigenvalue weighted by atomic mass is 10.0. The quantitative estimate of drug-likeness (QED) is 0.546. The first-order chi connectivity index (χ1) is 16.3. The molecule has 2 heterocycles. The van der Waals surface area contributed by atoms with Crippen molar-refractivity contribution < 1.29 is 27.5 Å². The van der Waals surface area contributed by atoms with Crippen LogP contribution in [0.3, 0.4) is 0 Å². The van der Waals surface area contributed by atoms with Gasteiger partial charge in [-0.15, -0.1) is 13.2 Å². The Kier molecular flexibility index (Phi) is 7.38. The summed E-state index contributed by atoms with van der Waals surface area (Å²) in [6.45, 7) is 1.63. The number of carbonyl (C=O) groups excluding carboxylic acids is 2. The summed E-state index contributed by atoms with van der Waals surface area (Å²) in [6.07, 6.45) is -3.10. The molecule has 0 unspecified atom stereocenters. The van der Waals surface area contributed by atoms with E-state index in [4.69, 9.17) is 0 Å². The van der Waals surface area contributed by atoms with E-state index < -0.39 is 6.36 Å². The van der Waals surface area contributed by atoms with Crippen molar-refractivity contribution >= 4 is 17.5 Å². The van der Waals surface area contributed by atoms with E-state index in [0.717, 1.165) is 11.3 Å². The highest BCUT2D eigenvalue weighted by Gasteiger charge is 2.43. The molecule has 0 aliphatic carbocycles. The Hall–Kier alpha value is -3.11. The first-order valence-electron chi connectivity index (χ1n) is 11.2. The standard InChI is InChI=1S/C24H27F3N4O3/c25-24(26,27)34-20-9-6-16(7-10-20)13-28-18-12-21-23(33)29-14-19(31(21)15-18)8-11-22(32)30-17-4-2-1-3-5-17/h1-7,9-10,18-19,21,28H,8,11-15H2,(H,29,33)(H,30,32)/t18-,19+,21-/m0/s1. The summed E-state index contributed by atoms with van der Waals surface area (Å²) in [6, 6.07) is 14.9. The number of nitrogens with one attached hydrogen (secondary N) is 3. The predicted molar refractivity (Wildman–Crippen MR) is 120 cm³/mol. The lowest BCUT2D eigenvalue weighted by Crippen LogP contribution is -2.57. The maximum absolute atomic E-state index is 12.4. The molecule has 2 aliphatic heterocycles. The molecule has 0 saturated carbocycles. The third kappa shape index (κ3) is 6.48. The number of rotatable bonds is 8. The van der Waals surface area contributed by atoms with Crippen LogP contribution in [0.1, 0.15) is 24.8 Å².